The zero-order chi connectivity index (χ0) is 21.1. The molecule has 0 fully saturated rings. The molecule has 0 atom stereocenters. The fourth-order valence-corrected chi connectivity index (χ4v) is 3.27. The molecule has 152 valence electrons. The van der Waals surface area contributed by atoms with Gasteiger partial charge >= 0.3 is 0 Å². The Balaban J connectivity index is 1.56. The Morgan fingerprint density at radius 2 is 1.73 bits per heavy atom. The molecule has 8 heteroatoms. The fourth-order valence-electron chi connectivity index (χ4n) is 3.27. The van der Waals surface area contributed by atoms with Crippen LogP contribution in [0.3, 0.4) is 0 Å². The Bertz CT molecular complexity index is 1240. The molecule has 1 amide bonds. The van der Waals surface area contributed by atoms with Crippen molar-refractivity contribution in [1.82, 2.24) is 15.4 Å². The van der Waals surface area contributed by atoms with Crippen molar-refractivity contribution in [3.05, 3.63) is 59.9 Å². The van der Waals surface area contributed by atoms with Gasteiger partial charge in [0.1, 0.15) is 5.69 Å². The van der Waals surface area contributed by atoms with Crippen LogP contribution in [0.5, 0.6) is 17.2 Å². The summed E-state index contributed by atoms with van der Waals surface area (Å²) in [6, 6.07) is 13.1. The van der Waals surface area contributed by atoms with Gasteiger partial charge in [-0.15, -0.1) is 0 Å². The number of pyridine rings is 1. The molecule has 4 aromatic rings. The van der Waals surface area contributed by atoms with E-state index in [1.54, 1.807) is 24.4 Å². The lowest BCUT2D eigenvalue weighted by atomic mass is 10.1. The Hall–Kier alpha value is -4.07. The van der Waals surface area contributed by atoms with E-state index >= 15 is 0 Å². The molecule has 30 heavy (non-hydrogen) atoms. The normalized spacial score (nSPS) is 11.2. The van der Waals surface area contributed by atoms with E-state index in [4.69, 9.17) is 14.2 Å². The molecule has 0 bridgehead atoms. The van der Waals surface area contributed by atoms with Gasteiger partial charge in [0.05, 0.1) is 39.3 Å². The minimum Gasteiger partial charge on any atom is -0.493 e. The average molecular weight is 404 g/mol. The van der Waals surface area contributed by atoms with Gasteiger partial charge in [-0.1, -0.05) is 18.2 Å². The molecular weight excluding hydrogens is 384 g/mol. The predicted molar refractivity (Wildman–Crippen MR) is 115 cm³/mol. The standard InChI is InChI=1S/C22H20N4O4/c1-28-19-8-13(9-20(29-2)21(19)30-3)11-24-26-22(27)17-10-15-14-6-4-5-7-16(14)25-18(15)12-23-17/h4-12,25H,1-3H3,(H,26,27)/b24-11-. The predicted octanol–water partition coefficient (Wildman–Crippen LogP) is 3.51. The third-order valence-electron chi connectivity index (χ3n) is 4.69. The van der Waals surface area contributed by atoms with Crippen LogP contribution in [0.2, 0.25) is 0 Å². The van der Waals surface area contributed by atoms with Crippen LogP contribution >= 0.6 is 0 Å². The van der Waals surface area contributed by atoms with E-state index in [0.29, 0.717) is 22.8 Å². The number of aromatic amines is 1. The first kappa shape index (κ1) is 19.3. The molecule has 2 heterocycles. The van der Waals surface area contributed by atoms with Crippen LogP contribution in [-0.2, 0) is 0 Å². The number of hydrogen-bond donors (Lipinski definition) is 2. The van der Waals surface area contributed by atoms with Gasteiger partial charge in [-0.2, -0.15) is 5.10 Å². The highest BCUT2D eigenvalue weighted by Gasteiger charge is 2.13. The molecular formula is C22H20N4O4. The molecule has 0 radical (unpaired) electrons. The summed E-state index contributed by atoms with van der Waals surface area (Å²) < 4.78 is 15.9. The lowest BCUT2D eigenvalue weighted by molar-refractivity contribution is 0.0950. The number of rotatable bonds is 6. The summed E-state index contributed by atoms with van der Waals surface area (Å²) in [5.41, 5.74) is 5.31. The van der Waals surface area contributed by atoms with Gasteiger partial charge < -0.3 is 19.2 Å². The topological polar surface area (TPSA) is 97.8 Å². The van der Waals surface area contributed by atoms with Crippen LogP contribution in [0.1, 0.15) is 16.1 Å². The summed E-state index contributed by atoms with van der Waals surface area (Å²) in [5, 5.41) is 5.99. The molecule has 0 spiro atoms. The van der Waals surface area contributed by atoms with E-state index < -0.39 is 5.91 Å². The first-order chi connectivity index (χ1) is 14.6. The fraction of sp³-hybridized carbons (Fsp3) is 0.136. The third kappa shape index (κ3) is 3.50. The largest absolute Gasteiger partial charge is 0.493 e. The molecule has 2 aromatic heterocycles. The van der Waals surface area contributed by atoms with Crippen LogP contribution in [0.15, 0.2) is 53.8 Å². The van der Waals surface area contributed by atoms with E-state index in [0.717, 1.165) is 21.8 Å². The van der Waals surface area contributed by atoms with Crippen molar-refractivity contribution >= 4 is 33.9 Å². The average Bonchev–Trinajstić information content (AvgIpc) is 3.16. The van der Waals surface area contributed by atoms with Gasteiger partial charge in [0.15, 0.2) is 11.5 Å². The Labute approximate surface area is 172 Å². The van der Waals surface area contributed by atoms with Crippen molar-refractivity contribution in [2.45, 2.75) is 0 Å². The number of amides is 1. The number of carbonyl (C=O) groups is 1. The molecule has 8 nitrogen and oxygen atoms in total. The Kier molecular flexibility index (Phi) is 5.21. The first-order valence-corrected chi connectivity index (χ1v) is 9.14. The third-order valence-corrected chi connectivity index (χ3v) is 4.69. The molecule has 0 aliphatic rings. The molecule has 0 aliphatic heterocycles. The molecule has 0 unspecified atom stereocenters. The summed E-state index contributed by atoms with van der Waals surface area (Å²) in [6.45, 7) is 0. The second-order valence-electron chi connectivity index (χ2n) is 6.44. The van der Waals surface area contributed by atoms with Crippen LogP contribution < -0.4 is 19.6 Å². The second-order valence-corrected chi connectivity index (χ2v) is 6.44. The molecule has 0 saturated carbocycles. The first-order valence-electron chi connectivity index (χ1n) is 9.14. The summed E-state index contributed by atoms with van der Waals surface area (Å²) in [7, 11) is 4.60. The van der Waals surface area contributed by atoms with Crippen LogP contribution in [0.25, 0.3) is 21.8 Å². The quantitative estimate of drug-likeness (QED) is 0.379. The van der Waals surface area contributed by atoms with Gasteiger partial charge in [-0.05, 0) is 24.3 Å². The highest BCUT2D eigenvalue weighted by atomic mass is 16.5. The van der Waals surface area contributed by atoms with Crippen molar-refractivity contribution in [3.63, 3.8) is 0 Å². The highest BCUT2D eigenvalue weighted by Crippen LogP contribution is 2.37. The van der Waals surface area contributed by atoms with Crippen LogP contribution in [0, 0.1) is 0 Å². The van der Waals surface area contributed by atoms with E-state index in [1.807, 2.05) is 24.3 Å². The van der Waals surface area contributed by atoms with Gasteiger partial charge in [-0.3, -0.25) is 4.79 Å². The van der Waals surface area contributed by atoms with E-state index in [9.17, 15) is 4.79 Å². The van der Waals surface area contributed by atoms with E-state index in [2.05, 4.69) is 20.5 Å². The molecule has 2 aromatic carbocycles. The maximum atomic E-state index is 12.5. The van der Waals surface area contributed by atoms with Crippen molar-refractivity contribution in [1.29, 1.82) is 0 Å². The number of hydrogen-bond acceptors (Lipinski definition) is 6. The van der Waals surface area contributed by atoms with Gasteiger partial charge in [0.2, 0.25) is 5.75 Å². The number of hydrazone groups is 1. The monoisotopic (exact) mass is 404 g/mol. The SMILES string of the molecule is COc1cc(/C=N\NC(=O)c2cc3c(cn2)[nH]c2ccccc23)cc(OC)c1OC. The minimum atomic E-state index is -0.411. The number of aromatic nitrogens is 2. The van der Waals surface area contributed by atoms with Crippen LogP contribution in [0.4, 0.5) is 0 Å². The maximum Gasteiger partial charge on any atom is 0.289 e. The number of nitrogens with one attached hydrogen (secondary N) is 2. The number of benzene rings is 2. The van der Waals surface area contributed by atoms with Crippen molar-refractivity contribution < 1.29 is 19.0 Å². The van der Waals surface area contributed by atoms with Crippen LogP contribution in [-0.4, -0.2) is 43.4 Å². The van der Waals surface area contributed by atoms with E-state index in [-0.39, 0.29) is 5.69 Å². The maximum absolute atomic E-state index is 12.5. The minimum absolute atomic E-state index is 0.272. The summed E-state index contributed by atoms with van der Waals surface area (Å²) in [6.07, 6.45) is 3.14. The van der Waals surface area contributed by atoms with Crippen molar-refractivity contribution in [2.24, 2.45) is 5.10 Å². The number of para-hydroxylation sites is 1. The van der Waals surface area contributed by atoms with Gasteiger partial charge in [-0.25, -0.2) is 10.4 Å². The number of H-pyrrole nitrogens is 1. The lowest BCUT2D eigenvalue weighted by Crippen LogP contribution is -2.18. The molecule has 0 saturated heterocycles. The van der Waals surface area contributed by atoms with E-state index in [1.165, 1.54) is 27.5 Å². The molecule has 2 N–H and O–H groups in total. The smallest absolute Gasteiger partial charge is 0.289 e. The summed E-state index contributed by atoms with van der Waals surface area (Å²) in [4.78, 5) is 20.0. The number of carbonyl (C=O) groups excluding carboxylic acids is 1. The van der Waals surface area contributed by atoms with Gasteiger partial charge in [0, 0.05) is 21.9 Å². The summed E-state index contributed by atoms with van der Waals surface area (Å²) >= 11 is 0. The van der Waals surface area contributed by atoms with Gasteiger partial charge in [0.25, 0.3) is 5.91 Å². The Morgan fingerprint density at radius 1 is 1.00 bits per heavy atom. The molecule has 0 aliphatic carbocycles. The number of methoxy groups -OCH3 is 3. The number of fused-ring (bicyclic) bond motifs is 3. The Morgan fingerprint density at radius 3 is 2.43 bits per heavy atom. The van der Waals surface area contributed by atoms with Crippen molar-refractivity contribution in [2.75, 3.05) is 21.3 Å². The number of nitrogens with zero attached hydrogens (tertiary/aromatic N) is 2. The molecule has 4 rings (SSSR count). The zero-order valence-corrected chi connectivity index (χ0v) is 16.7. The number of ether oxygens (including phenoxy) is 3. The highest BCUT2D eigenvalue weighted by molar-refractivity contribution is 6.09. The lowest BCUT2D eigenvalue weighted by Gasteiger charge is -2.12. The summed E-state index contributed by atoms with van der Waals surface area (Å²) in [5.74, 6) is 1.07. The van der Waals surface area contributed by atoms with Crippen molar-refractivity contribution in [3.8, 4) is 17.2 Å². The second kappa shape index (κ2) is 8.12. The zero-order valence-electron chi connectivity index (χ0n) is 16.7.